The van der Waals surface area contributed by atoms with E-state index in [1.807, 2.05) is 0 Å². The average Bonchev–Trinajstić information content (AvgIpc) is 2.74. The van der Waals surface area contributed by atoms with Gasteiger partial charge in [0.1, 0.15) is 0 Å². The summed E-state index contributed by atoms with van der Waals surface area (Å²) in [4.78, 5) is 12.8. The van der Waals surface area contributed by atoms with Crippen molar-refractivity contribution < 1.29 is 9.90 Å². The van der Waals surface area contributed by atoms with Crippen LogP contribution in [0.25, 0.3) is 0 Å². The molecule has 0 aliphatic rings. The molecule has 0 unspecified atom stereocenters. The van der Waals surface area contributed by atoms with Crippen molar-refractivity contribution in [3.05, 3.63) is 0 Å². The van der Waals surface area contributed by atoms with Crippen molar-refractivity contribution >= 4 is 5.97 Å². The molecular weight excluding hydrogens is 372 g/mol. The molecule has 0 aromatic carbocycles. The summed E-state index contributed by atoms with van der Waals surface area (Å²) in [5, 5.41) is 11.8. The van der Waals surface area contributed by atoms with Gasteiger partial charge in [-0.05, 0) is 26.1 Å². The molecule has 0 aromatic heterocycles. The Morgan fingerprint density at radius 3 is 1.40 bits per heavy atom. The lowest BCUT2D eigenvalue weighted by Gasteiger charge is -2.17. The molecule has 0 aliphatic heterocycles. The summed E-state index contributed by atoms with van der Waals surface area (Å²) in [6.45, 7) is 14.5. The number of rotatable bonds is 22. The van der Waals surface area contributed by atoms with Crippen LogP contribution < -0.4 is 5.32 Å². The minimum Gasteiger partial charge on any atom is -0.481 e. The van der Waals surface area contributed by atoms with E-state index >= 15 is 0 Å². The van der Waals surface area contributed by atoms with Crippen LogP contribution in [0.15, 0.2) is 0 Å². The number of hydrogen-bond donors (Lipinski definition) is 2. The molecule has 0 amide bonds. The van der Waals surface area contributed by atoms with Crippen LogP contribution in [0, 0.1) is 0 Å². The fourth-order valence-electron chi connectivity index (χ4n) is 3.60. The lowest BCUT2D eigenvalue weighted by atomic mass is 10.0. The second-order valence-electron chi connectivity index (χ2n) is 8.47. The molecule has 4 heteroatoms. The van der Waals surface area contributed by atoms with Gasteiger partial charge in [0.05, 0.1) is 0 Å². The van der Waals surface area contributed by atoms with E-state index in [0.29, 0.717) is 6.42 Å². The lowest BCUT2D eigenvalue weighted by Crippen LogP contribution is -2.31. The third-order valence-corrected chi connectivity index (χ3v) is 5.74. The molecule has 0 saturated carbocycles. The molecule has 4 nitrogen and oxygen atoms in total. The van der Waals surface area contributed by atoms with E-state index in [9.17, 15) is 4.79 Å². The fourth-order valence-corrected chi connectivity index (χ4v) is 3.60. The monoisotopic (exact) mass is 428 g/mol. The predicted octanol–water partition coefficient (Wildman–Crippen LogP) is 7.27. The first-order valence-electron chi connectivity index (χ1n) is 13.3. The van der Waals surface area contributed by atoms with E-state index in [1.165, 1.54) is 103 Å². The number of aliphatic carboxylic acids is 1. The Kier molecular flexibility index (Phi) is 29.9. The summed E-state index contributed by atoms with van der Waals surface area (Å²) >= 11 is 0. The van der Waals surface area contributed by atoms with Crippen LogP contribution in [0.3, 0.4) is 0 Å². The number of likely N-dealkylation sites (N-methyl/N-ethyl adjacent to an activating group) is 2. The topological polar surface area (TPSA) is 52.6 Å². The van der Waals surface area contributed by atoms with Crippen molar-refractivity contribution in [2.24, 2.45) is 0 Å². The molecule has 30 heavy (non-hydrogen) atoms. The zero-order valence-electron chi connectivity index (χ0n) is 21.2. The number of nitrogens with one attached hydrogen (secondary N) is 1. The summed E-state index contributed by atoms with van der Waals surface area (Å²) in [6.07, 6.45) is 20.2. The van der Waals surface area contributed by atoms with E-state index in [0.717, 1.165) is 25.9 Å². The standard InChI is InChI=1S/C18H36O2.C8H20N2/c1-2-3-4-5-6-7-8-9-10-11-12-13-14-15-16-17-18(19)20;1-4-9-7-8-10(5-2)6-3/h2-17H2,1H3,(H,19,20);9H,4-8H2,1-3H3. The van der Waals surface area contributed by atoms with Gasteiger partial charge in [0.2, 0.25) is 0 Å². The van der Waals surface area contributed by atoms with Gasteiger partial charge in [0.15, 0.2) is 0 Å². The molecule has 0 aliphatic carbocycles. The van der Waals surface area contributed by atoms with Crippen LogP contribution in [-0.4, -0.2) is 48.7 Å². The van der Waals surface area contributed by atoms with E-state index < -0.39 is 5.97 Å². The lowest BCUT2D eigenvalue weighted by molar-refractivity contribution is -0.137. The van der Waals surface area contributed by atoms with Crippen molar-refractivity contribution in [3.63, 3.8) is 0 Å². The molecule has 0 rings (SSSR count). The maximum absolute atomic E-state index is 10.3. The number of carboxylic acid groups (broad SMARTS) is 1. The summed E-state index contributed by atoms with van der Waals surface area (Å²) in [5.74, 6) is -0.653. The Labute approximate surface area is 189 Å². The van der Waals surface area contributed by atoms with Gasteiger partial charge in [-0.25, -0.2) is 0 Å². The van der Waals surface area contributed by atoms with Gasteiger partial charge >= 0.3 is 5.97 Å². The number of unbranched alkanes of at least 4 members (excludes halogenated alkanes) is 14. The van der Waals surface area contributed by atoms with Gasteiger partial charge in [0.25, 0.3) is 0 Å². The average molecular weight is 429 g/mol. The smallest absolute Gasteiger partial charge is 0.303 e. The van der Waals surface area contributed by atoms with Gasteiger partial charge in [-0.2, -0.15) is 0 Å². The second-order valence-corrected chi connectivity index (χ2v) is 8.47. The molecule has 0 bridgehead atoms. The Morgan fingerprint density at radius 2 is 1.07 bits per heavy atom. The van der Waals surface area contributed by atoms with Crippen molar-refractivity contribution in [3.8, 4) is 0 Å². The Balaban J connectivity index is 0. The first-order valence-corrected chi connectivity index (χ1v) is 13.3. The Hall–Kier alpha value is -0.610. The quantitative estimate of drug-likeness (QED) is 0.178. The van der Waals surface area contributed by atoms with E-state index in [-0.39, 0.29) is 0 Å². The molecule has 0 radical (unpaired) electrons. The SMILES string of the molecule is CCCCCCCCCCCCCCCCCC(=O)O.CCNCCN(CC)CC. The van der Waals surface area contributed by atoms with E-state index in [1.54, 1.807) is 0 Å². The van der Waals surface area contributed by atoms with Gasteiger partial charge in [0, 0.05) is 19.5 Å². The number of carbonyl (C=O) groups is 1. The number of hydrogen-bond acceptors (Lipinski definition) is 3. The third kappa shape index (κ3) is 29.6. The first-order chi connectivity index (χ1) is 14.6. The summed E-state index contributed by atoms with van der Waals surface area (Å²) in [7, 11) is 0. The van der Waals surface area contributed by atoms with Gasteiger partial charge < -0.3 is 15.3 Å². The van der Waals surface area contributed by atoms with Crippen LogP contribution in [-0.2, 0) is 4.79 Å². The van der Waals surface area contributed by atoms with Crippen molar-refractivity contribution in [2.45, 2.75) is 130 Å². The third-order valence-electron chi connectivity index (χ3n) is 5.74. The predicted molar refractivity (Wildman–Crippen MR) is 134 cm³/mol. The molecule has 0 aromatic rings. The van der Waals surface area contributed by atoms with Crippen LogP contribution in [0.1, 0.15) is 130 Å². The summed E-state index contributed by atoms with van der Waals surface area (Å²) < 4.78 is 0. The van der Waals surface area contributed by atoms with Crippen LogP contribution in [0.2, 0.25) is 0 Å². The largest absolute Gasteiger partial charge is 0.481 e. The highest BCUT2D eigenvalue weighted by molar-refractivity contribution is 5.66. The highest BCUT2D eigenvalue weighted by atomic mass is 16.4. The van der Waals surface area contributed by atoms with E-state index in [4.69, 9.17) is 5.11 Å². The minimum atomic E-state index is -0.653. The Morgan fingerprint density at radius 1 is 0.667 bits per heavy atom. The summed E-state index contributed by atoms with van der Waals surface area (Å²) in [5.41, 5.74) is 0. The van der Waals surface area contributed by atoms with Crippen molar-refractivity contribution in [1.29, 1.82) is 0 Å². The molecule has 0 atom stereocenters. The van der Waals surface area contributed by atoms with Crippen LogP contribution in [0.5, 0.6) is 0 Å². The van der Waals surface area contributed by atoms with Crippen molar-refractivity contribution in [1.82, 2.24) is 10.2 Å². The molecular formula is C26H56N2O2. The normalized spacial score (nSPS) is 10.8. The number of carboxylic acids is 1. The molecule has 2 N–H and O–H groups in total. The highest BCUT2D eigenvalue weighted by Gasteiger charge is 1.97. The first kappa shape index (κ1) is 31.6. The molecule has 0 spiro atoms. The van der Waals surface area contributed by atoms with Crippen LogP contribution >= 0.6 is 0 Å². The molecule has 182 valence electrons. The van der Waals surface area contributed by atoms with E-state index in [2.05, 4.69) is 37.9 Å². The minimum absolute atomic E-state index is 0.345. The Bertz CT molecular complexity index is 320. The molecule has 0 heterocycles. The molecule has 0 saturated heterocycles. The second kappa shape index (κ2) is 28.4. The number of nitrogens with zero attached hydrogens (tertiary/aromatic N) is 1. The van der Waals surface area contributed by atoms with Gasteiger partial charge in [-0.3, -0.25) is 4.79 Å². The van der Waals surface area contributed by atoms with Gasteiger partial charge in [-0.15, -0.1) is 0 Å². The van der Waals surface area contributed by atoms with Gasteiger partial charge in [-0.1, -0.05) is 118 Å². The zero-order valence-corrected chi connectivity index (χ0v) is 21.2. The van der Waals surface area contributed by atoms with Crippen LogP contribution in [0.4, 0.5) is 0 Å². The highest BCUT2D eigenvalue weighted by Crippen LogP contribution is 2.13. The fraction of sp³-hybridized carbons (Fsp3) is 0.962. The van der Waals surface area contributed by atoms with Crippen molar-refractivity contribution in [2.75, 3.05) is 32.7 Å². The summed E-state index contributed by atoms with van der Waals surface area (Å²) in [6, 6.07) is 0. The molecule has 0 fully saturated rings. The maximum atomic E-state index is 10.3. The maximum Gasteiger partial charge on any atom is 0.303 e. The zero-order chi connectivity index (χ0) is 22.7.